The van der Waals surface area contributed by atoms with E-state index in [1.54, 1.807) is 27.7 Å². The van der Waals surface area contributed by atoms with Gasteiger partial charge in [0.25, 0.3) is 15.9 Å². The van der Waals surface area contributed by atoms with Gasteiger partial charge in [0.05, 0.1) is 19.6 Å². The molecule has 28 heavy (non-hydrogen) atoms. The molecule has 1 heterocycles. The van der Waals surface area contributed by atoms with Crippen LogP contribution in [0.4, 0.5) is 0 Å². The van der Waals surface area contributed by atoms with Crippen molar-refractivity contribution in [1.82, 2.24) is 9.62 Å². The van der Waals surface area contributed by atoms with Gasteiger partial charge in [-0.05, 0) is 39.8 Å². The number of esters is 1. The Hall–Kier alpha value is -1.91. The topological polar surface area (TPSA) is 115 Å². The highest BCUT2D eigenvalue weighted by molar-refractivity contribution is 7.89. The molecule has 1 N–H and O–H groups in total. The van der Waals surface area contributed by atoms with Crippen LogP contribution in [0.1, 0.15) is 45.2 Å². The van der Waals surface area contributed by atoms with Gasteiger partial charge in [-0.25, -0.2) is 13.1 Å². The highest BCUT2D eigenvalue weighted by Crippen LogP contribution is 2.18. The van der Waals surface area contributed by atoms with E-state index in [1.165, 1.54) is 24.1 Å². The van der Waals surface area contributed by atoms with Crippen LogP contribution in [-0.2, 0) is 24.3 Å². The zero-order valence-corrected chi connectivity index (χ0v) is 18.1. The normalized spacial score (nSPS) is 13.2. The molecule has 0 aliphatic heterocycles. The number of hydrogen-bond acceptors (Lipinski definition) is 7. The van der Waals surface area contributed by atoms with Gasteiger partial charge in [0, 0.05) is 25.2 Å². The second-order valence-corrected chi connectivity index (χ2v) is 8.96. The average Bonchev–Trinajstić information content (AvgIpc) is 3.08. The molecule has 9 nitrogen and oxygen atoms in total. The Balaban J connectivity index is 3.02. The maximum atomic E-state index is 12.8. The van der Waals surface area contributed by atoms with Crippen molar-refractivity contribution in [2.45, 2.75) is 45.2 Å². The molecule has 0 aromatic carbocycles. The Kier molecular flexibility index (Phi) is 8.65. The van der Waals surface area contributed by atoms with Crippen LogP contribution >= 0.6 is 0 Å². The van der Waals surface area contributed by atoms with Crippen molar-refractivity contribution >= 4 is 21.9 Å². The van der Waals surface area contributed by atoms with Crippen LogP contribution in [0, 0.1) is 5.92 Å². The number of amides is 1. The molecule has 0 saturated carbocycles. The van der Waals surface area contributed by atoms with E-state index in [-0.39, 0.29) is 30.5 Å². The Bertz CT molecular complexity index is 765. The van der Waals surface area contributed by atoms with Crippen molar-refractivity contribution in [3.63, 3.8) is 0 Å². The number of methoxy groups -OCH3 is 1. The maximum absolute atomic E-state index is 12.8. The first-order valence-electron chi connectivity index (χ1n) is 9.00. The van der Waals surface area contributed by atoms with Gasteiger partial charge in [0.15, 0.2) is 5.76 Å². The number of carbonyl (C=O) groups excluding carboxylic acids is 2. The number of rotatable bonds is 10. The smallest absolute Gasteiger partial charge is 0.310 e. The lowest BCUT2D eigenvalue weighted by Gasteiger charge is -2.24. The highest BCUT2D eigenvalue weighted by Gasteiger charge is 2.28. The van der Waals surface area contributed by atoms with Gasteiger partial charge in [0.2, 0.25) is 5.09 Å². The predicted octanol–water partition coefficient (Wildman–Crippen LogP) is 1.64. The molecule has 0 saturated heterocycles. The molecule has 0 unspecified atom stereocenters. The van der Waals surface area contributed by atoms with Gasteiger partial charge in [-0.15, -0.1) is 0 Å². The lowest BCUT2D eigenvalue weighted by atomic mass is 10.1. The fourth-order valence-corrected chi connectivity index (χ4v) is 3.74. The van der Waals surface area contributed by atoms with Crippen LogP contribution in [0.25, 0.3) is 0 Å². The minimum absolute atomic E-state index is 0.0849. The molecule has 0 aliphatic carbocycles. The molecule has 10 heteroatoms. The van der Waals surface area contributed by atoms with Gasteiger partial charge >= 0.3 is 5.97 Å². The van der Waals surface area contributed by atoms with Crippen LogP contribution in [0.3, 0.4) is 0 Å². The molecular weight excluding hydrogens is 388 g/mol. The lowest BCUT2D eigenvalue weighted by molar-refractivity contribution is -0.145. The SMILES string of the molecule is CCOCCN(C[C@H](C)C(=O)OC)C(=O)c1ccc(S(=O)(=O)NC(C)(C)C)o1. The number of carbonyl (C=O) groups is 2. The first-order chi connectivity index (χ1) is 12.9. The molecule has 1 rings (SSSR count). The van der Waals surface area contributed by atoms with E-state index in [0.29, 0.717) is 6.61 Å². The van der Waals surface area contributed by atoms with Crippen molar-refractivity contribution in [3.05, 3.63) is 17.9 Å². The highest BCUT2D eigenvalue weighted by atomic mass is 32.2. The van der Waals surface area contributed by atoms with E-state index < -0.39 is 33.4 Å². The summed E-state index contributed by atoms with van der Waals surface area (Å²) in [5.41, 5.74) is -0.699. The van der Waals surface area contributed by atoms with Crippen LogP contribution in [0.2, 0.25) is 0 Å². The summed E-state index contributed by atoms with van der Waals surface area (Å²) in [4.78, 5) is 25.9. The Labute approximate surface area is 166 Å². The summed E-state index contributed by atoms with van der Waals surface area (Å²) >= 11 is 0. The molecule has 1 aromatic heterocycles. The number of nitrogens with one attached hydrogen (secondary N) is 1. The zero-order valence-electron chi connectivity index (χ0n) is 17.3. The molecule has 160 valence electrons. The van der Waals surface area contributed by atoms with Gasteiger partial charge in [-0.1, -0.05) is 6.92 Å². The molecule has 0 radical (unpaired) electrons. The second-order valence-electron chi connectivity index (χ2n) is 7.35. The quantitative estimate of drug-likeness (QED) is 0.454. The maximum Gasteiger partial charge on any atom is 0.310 e. The molecule has 0 fully saturated rings. The molecule has 1 amide bonds. The van der Waals surface area contributed by atoms with Gasteiger partial charge in [0.1, 0.15) is 0 Å². The molecule has 0 bridgehead atoms. The zero-order chi connectivity index (χ0) is 21.5. The van der Waals surface area contributed by atoms with E-state index in [9.17, 15) is 18.0 Å². The van der Waals surface area contributed by atoms with Crippen LogP contribution in [-0.4, -0.2) is 64.1 Å². The number of hydrogen-bond donors (Lipinski definition) is 1. The minimum atomic E-state index is -3.90. The first kappa shape index (κ1) is 24.1. The molecule has 1 aromatic rings. The van der Waals surface area contributed by atoms with E-state index in [1.807, 2.05) is 6.92 Å². The molecular formula is C18H30N2O7S. The lowest BCUT2D eigenvalue weighted by Crippen LogP contribution is -2.40. The van der Waals surface area contributed by atoms with E-state index in [4.69, 9.17) is 13.9 Å². The summed E-state index contributed by atoms with van der Waals surface area (Å²) in [6.45, 7) is 9.62. The number of nitrogens with zero attached hydrogens (tertiary/aromatic N) is 1. The Morgan fingerprint density at radius 2 is 1.93 bits per heavy atom. The first-order valence-corrected chi connectivity index (χ1v) is 10.5. The average molecular weight is 419 g/mol. The van der Waals surface area contributed by atoms with E-state index in [0.717, 1.165) is 0 Å². The summed E-state index contributed by atoms with van der Waals surface area (Å²) in [6.07, 6.45) is 0. The van der Waals surface area contributed by atoms with Crippen LogP contribution in [0.15, 0.2) is 21.6 Å². The standard InChI is InChI=1S/C18H30N2O7S/c1-7-26-11-10-20(12-13(2)17(22)25-6)16(21)14-8-9-15(27-14)28(23,24)19-18(3,4)5/h8-9,13,19H,7,10-12H2,1-6H3/t13-/m0/s1. The van der Waals surface area contributed by atoms with Crippen molar-refractivity contribution in [3.8, 4) is 0 Å². The third kappa shape index (κ3) is 7.25. The van der Waals surface area contributed by atoms with Gasteiger partial charge in [-0.2, -0.15) is 0 Å². The number of sulfonamides is 1. The molecule has 1 atom stereocenters. The predicted molar refractivity (Wildman–Crippen MR) is 102 cm³/mol. The van der Waals surface area contributed by atoms with Crippen molar-refractivity contribution in [2.75, 3.05) is 33.4 Å². The van der Waals surface area contributed by atoms with Gasteiger partial charge in [-0.3, -0.25) is 9.59 Å². The summed E-state index contributed by atoms with van der Waals surface area (Å²) in [7, 11) is -2.63. The summed E-state index contributed by atoms with van der Waals surface area (Å²) in [5.74, 6) is -1.68. The number of ether oxygens (including phenoxy) is 2. The van der Waals surface area contributed by atoms with Crippen LogP contribution in [0.5, 0.6) is 0 Å². The summed E-state index contributed by atoms with van der Waals surface area (Å²) < 4.78 is 42.5. The Morgan fingerprint density at radius 1 is 1.29 bits per heavy atom. The largest absolute Gasteiger partial charge is 0.469 e. The Morgan fingerprint density at radius 3 is 2.46 bits per heavy atom. The summed E-state index contributed by atoms with van der Waals surface area (Å²) in [6, 6.07) is 2.53. The monoisotopic (exact) mass is 418 g/mol. The fraction of sp³-hybridized carbons (Fsp3) is 0.667. The van der Waals surface area contributed by atoms with Crippen LogP contribution < -0.4 is 4.72 Å². The van der Waals surface area contributed by atoms with Crippen molar-refractivity contribution in [2.24, 2.45) is 5.92 Å². The number of furan rings is 1. The second kappa shape index (κ2) is 10.0. The fourth-order valence-electron chi connectivity index (χ4n) is 2.39. The van der Waals surface area contributed by atoms with Gasteiger partial charge < -0.3 is 18.8 Å². The molecule has 0 aliphatic rings. The summed E-state index contributed by atoms with van der Waals surface area (Å²) in [5, 5.41) is -0.350. The third-order valence-electron chi connectivity index (χ3n) is 3.59. The third-order valence-corrected chi connectivity index (χ3v) is 5.22. The minimum Gasteiger partial charge on any atom is -0.469 e. The van der Waals surface area contributed by atoms with Crippen molar-refractivity contribution < 1.29 is 31.9 Å². The molecule has 0 spiro atoms. The van der Waals surface area contributed by atoms with Crippen molar-refractivity contribution in [1.29, 1.82) is 0 Å². The van der Waals surface area contributed by atoms with E-state index >= 15 is 0 Å². The van der Waals surface area contributed by atoms with E-state index in [2.05, 4.69) is 4.72 Å².